The van der Waals surface area contributed by atoms with E-state index in [1.165, 1.54) is 23.8 Å². The van der Waals surface area contributed by atoms with E-state index in [0.29, 0.717) is 21.6 Å². The number of amides is 2. The van der Waals surface area contributed by atoms with Crippen LogP contribution in [0, 0.1) is 6.92 Å². The summed E-state index contributed by atoms with van der Waals surface area (Å²) in [4.78, 5) is 43.6. The number of anilines is 1. The number of thioether (sulfide) groups is 1. The fourth-order valence-corrected chi connectivity index (χ4v) is 4.38. The lowest BCUT2D eigenvalue weighted by Gasteiger charge is -2.14. The molecule has 2 aromatic rings. The van der Waals surface area contributed by atoms with Gasteiger partial charge in [-0.15, -0.1) is 6.58 Å². The first-order valence-electron chi connectivity index (χ1n) is 9.75. The first kappa shape index (κ1) is 23.6. The number of esters is 1. The molecule has 32 heavy (non-hydrogen) atoms. The monoisotopic (exact) mass is 471 g/mol. The Bertz CT molecular complexity index is 1100. The molecule has 1 aliphatic heterocycles. The van der Waals surface area contributed by atoms with Crippen LogP contribution in [-0.4, -0.2) is 46.8 Å². The van der Waals surface area contributed by atoms with E-state index in [-0.39, 0.29) is 24.4 Å². The zero-order valence-corrected chi connectivity index (χ0v) is 19.2. The number of carbonyl (C=O) groups is 3. The summed E-state index contributed by atoms with van der Waals surface area (Å²) in [7, 11) is 1.27. The third-order valence-corrected chi connectivity index (χ3v) is 6.27. The predicted octanol–water partition coefficient (Wildman–Crippen LogP) is 4.58. The van der Waals surface area contributed by atoms with Crippen LogP contribution in [0.3, 0.4) is 0 Å². The van der Waals surface area contributed by atoms with Crippen molar-refractivity contribution >= 4 is 57.7 Å². The smallest absolute Gasteiger partial charge is 0.339 e. The number of halogens is 1. The molecule has 166 valence electrons. The van der Waals surface area contributed by atoms with Crippen molar-refractivity contribution in [3.63, 3.8) is 0 Å². The highest BCUT2D eigenvalue weighted by Gasteiger charge is 2.38. The van der Waals surface area contributed by atoms with Crippen LogP contribution in [0.25, 0.3) is 0 Å². The molecule has 1 unspecified atom stereocenters. The van der Waals surface area contributed by atoms with Crippen molar-refractivity contribution in [3.8, 4) is 0 Å². The van der Waals surface area contributed by atoms with Crippen molar-refractivity contribution in [2.24, 2.45) is 4.99 Å². The Kier molecular flexibility index (Phi) is 7.71. The van der Waals surface area contributed by atoms with Gasteiger partial charge in [-0.1, -0.05) is 47.6 Å². The number of ether oxygens (including phenoxy) is 1. The lowest BCUT2D eigenvalue weighted by molar-refractivity contribution is -0.127. The Morgan fingerprint density at radius 1 is 1.31 bits per heavy atom. The zero-order valence-electron chi connectivity index (χ0n) is 17.6. The molecule has 1 N–H and O–H groups in total. The van der Waals surface area contributed by atoms with Gasteiger partial charge in [-0.3, -0.25) is 14.5 Å². The first-order chi connectivity index (χ1) is 15.3. The van der Waals surface area contributed by atoms with E-state index in [1.807, 2.05) is 19.1 Å². The summed E-state index contributed by atoms with van der Waals surface area (Å²) in [5.41, 5.74) is 2.10. The Hall–Kier alpha value is -3.10. The van der Waals surface area contributed by atoms with E-state index in [2.05, 4.69) is 16.9 Å². The van der Waals surface area contributed by atoms with Crippen LogP contribution in [0.1, 0.15) is 22.3 Å². The van der Waals surface area contributed by atoms with Gasteiger partial charge in [-0.05, 0) is 36.8 Å². The molecule has 1 heterocycles. The number of amidine groups is 1. The van der Waals surface area contributed by atoms with Crippen molar-refractivity contribution in [2.45, 2.75) is 18.6 Å². The van der Waals surface area contributed by atoms with Crippen LogP contribution in [0.15, 0.2) is 60.1 Å². The van der Waals surface area contributed by atoms with Crippen molar-refractivity contribution in [3.05, 3.63) is 71.3 Å². The molecule has 0 aromatic heterocycles. The number of nitrogens with zero attached hydrogens (tertiary/aromatic N) is 2. The third-order valence-electron chi connectivity index (χ3n) is 4.69. The molecule has 0 spiro atoms. The minimum Gasteiger partial charge on any atom is -0.465 e. The van der Waals surface area contributed by atoms with Crippen molar-refractivity contribution in [1.29, 1.82) is 0 Å². The molecule has 1 saturated heterocycles. The van der Waals surface area contributed by atoms with Crippen molar-refractivity contribution in [2.75, 3.05) is 19.0 Å². The molecule has 3 rings (SSSR count). The minimum atomic E-state index is -0.653. The molecular formula is C23H22ClN3O4S. The number of nitrogens with one attached hydrogen (secondary N) is 1. The van der Waals surface area contributed by atoms with Crippen LogP contribution in [0.5, 0.6) is 0 Å². The average Bonchev–Trinajstić information content (AvgIpc) is 3.05. The first-order valence-corrected chi connectivity index (χ1v) is 11.0. The van der Waals surface area contributed by atoms with Gasteiger partial charge < -0.3 is 10.1 Å². The summed E-state index contributed by atoms with van der Waals surface area (Å²) in [5, 5.41) is 3.10. The number of rotatable bonds is 7. The molecule has 9 heteroatoms. The molecule has 1 fully saturated rings. The Balaban J connectivity index is 1.77. The number of aliphatic imine (C=N–C) groups is 1. The summed E-state index contributed by atoms with van der Waals surface area (Å²) in [6.45, 7) is 5.86. The number of hydrogen-bond acceptors (Lipinski definition) is 6. The second kappa shape index (κ2) is 10.5. The highest BCUT2D eigenvalue weighted by Crippen LogP contribution is 2.33. The van der Waals surface area contributed by atoms with Gasteiger partial charge >= 0.3 is 5.97 Å². The molecule has 1 aliphatic rings. The van der Waals surface area contributed by atoms with E-state index in [0.717, 1.165) is 5.56 Å². The molecule has 2 aromatic carbocycles. The highest BCUT2D eigenvalue weighted by atomic mass is 35.5. The van der Waals surface area contributed by atoms with Crippen LogP contribution in [0.2, 0.25) is 5.02 Å². The topological polar surface area (TPSA) is 88.1 Å². The number of benzene rings is 2. The summed E-state index contributed by atoms with van der Waals surface area (Å²) in [6.07, 6.45) is 1.52. The SMILES string of the molecule is C=CCN1C(=O)C(CC(=O)Nc2ccccc2C(=O)OC)SC1=Nc1ccc(C)c(Cl)c1. The maximum Gasteiger partial charge on any atom is 0.339 e. The molecule has 2 amide bonds. The van der Waals surface area contributed by atoms with Gasteiger partial charge in [-0.2, -0.15) is 0 Å². The van der Waals surface area contributed by atoms with Crippen LogP contribution in [-0.2, 0) is 14.3 Å². The maximum absolute atomic E-state index is 12.9. The third kappa shape index (κ3) is 5.38. The zero-order chi connectivity index (χ0) is 23.3. The fourth-order valence-electron chi connectivity index (χ4n) is 3.03. The Morgan fingerprint density at radius 3 is 2.75 bits per heavy atom. The van der Waals surface area contributed by atoms with Gasteiger partial charge in [0.05, 0.1) is 24.0 Å². The van der Waals surface area contributed by atoms with Crippen molar-refractivity contribution in [1.82, 2.24) is 4.90 Å². The molecule has 0 aliphatic carbocycles. The summed E-state index contributed by atoms with van der Waals surface area (Å²) in [5.74, 6) is -1.19. The van der Waals surface area contributed by atoms with E-state index < -0.39 is 17.1 Å². The Morgan fingerprint density at radius 2 is 2.06 bits per heavy atom. The normalized spacial score (nSPS) is 16.8. The predicted molar refractivity (Wildman–Crippen MR) is 128 cm³/mol. The fraction of sp³-hybridized carbons (Fsp3) is 0.217. The highest BCUT2D eigenvalue weighted by molar-refractivity contribution is 8.15. The average molecular weight is 472 g/mol. The van der Waals surface area contributed by atoms with Gasteiger partial charge in [0.2, 0.25) is 11.8 Å². The van der Waals surface area contributed by atoms with E-state index in [9.17, 15) is 14.4 Å². The minimum absolute atomic E-state index is 0.0830. The Labute approximate surface area is 195 Å². The molecular weight excluding hydrogens is 450 g/mol. The number of carbonyl (C=O) groups excluding carboxylic acids is 3. The van der Waals surface area contributed by atoms with Crippen LogP contribution < -0.4 is 5.32 Å². The second-order valence-corrected chi connectivity index (χ2v) is 8.54. The lowest BCUT2D eigenvalue weighted by Crippen LogP contribution is -2.33. The van der Waals surface area contributed by atoms with E-state index >= 15 is 0 Å². The number of methoxy groups -OCH3 is 1. The summed E-state index contributed by atoms with van der Waals surface area (Å²) >= 11 is 7.40. The van der Waals surface area contributed by atoms with Gasteiger partial charge in [0.1, 0.15) is 5.25 Å². The van der Waals surface area contributed by atoms with Crippen molar-refractivity contribution < 1.29 is 19.1 Å². The lowest BCUT2D eigenvalue weighted by atomic mass is 10.1. The number of aryl methyl sites for hydroxylation is 1. The molecule has 0 bridgehead atoms. The summed E-state index contributed by atoms with van der Waals surface area (Å²) < 4.78 is 4.75. The maximum atomic E-state index is 12.9. The molecule has 0 saturated carbocycles. The van der Waals surface area contributed by atoms with Crippen LogP contribution in [0.4, 0.5) is 11.4 Å². The van der Waals surface area contributed by atoms with Crippen LogP contribution >= 0.6 is 23.4 Å². The van der Waals surface area contributed by atoms with E-state index in [1.54, 1.807) is 36.4 Å². The van der Waals surface area contributed by atoms with Gasteiger partial charge in [-0.25, -0.2) is 9.79 Å². The van der Waals surface area contributed by atoms with Gasteiger partial charge in [0.25, 0.3) is 0 Å². The quantitative estimate of drug-likeness (QED) is 0.471. The summed E-state index contributed by atoms with van der Waals surface area (Å²) in [6, 6.07) is 11.9. The van der Waals surface area contributed by atoms with Gasteiger partial charge in [0.15, 0.2) is 5.17 Å². The molecule has 1 atom stereocenters. The van der Waals surface area contributed by atoms with E-state index in [4.69, 9.17) is 16.3 Å². The number of para-hydroxylation sites is 1. The second-order valence-electron chi connectivity index (χ2n) is 6.96. The standard InChI is InChI=1S/C23H22ClN3O4S/c1-4-11-27-21(29)19(32-23(27)25-15-10-9-14(2)17(24)12-15)13-20(28)26-18-8-6-5-7-16(18)22(30)31-3/h4-10,12,19H,1,11,13H2,2-3H3,(H,26,28). The largest absolute Gasteiger partial charge is 0.465 e. The number of hydrogen-bond donors (Lipinski definition) is 1. The molecule has 7 nitrogen and oxygen atoms in total. The molecule has 0 radical (unpaired) electrons. The van der Waals surface area contributed by atoms with Gasteiger partial charge in [0, 0.05) is 18.0 Å².